The number of benzene rings is 1. The lowest BCUT2D eigenvalue weighted by atomic mass is 10.1. The average molecular weight is 373 g/mol. The summed E-state index contributed by atoms with van der Waals surface area (Å²) in [5.41, 5.74) is 3.78. The molecule has 1 aromatic carbocycles. The summed E-state index contributed by atoms with van der Waals surface area (Å²) in [6.45, 7) is 5.25. The minimum absolute atomic E-state index is 0.0933. The van der Waals surface area contributed by atoms with Crippen molar-refractivity contribution in [3.8, 4) is 0 Å². The first-order valence-electron chi connectivity index (χ1n) is 8.69. The molecule has 138 valence electrons. The second kappa shape index (κ2) is 7.97. The van der Waals surface area contributed by atoms with Crippen LogP contribution in [0.2, 0.25) is 0 Å². The fourth-order valence-electron chi connectivity index (χ4n) is 3.21. The highest BCUT2D eigenvalue weighted by molar-refractivity contribution is 7.09. The third-order valence-corrected chi connectivity index (χ3v) is 5.49. The molecule has 1 fully saturated rings. The van der Waals surface area contributed by atoms with Crippen LogP contribution in [0.15, 0.2) is 23.6 Å². The van der Waals surface area contributed by atoms with Gasteiger partial charge >= 0.3 is 5.97 Å². The first-order valence-corrected chi connectivity index (χ1v) is 9.57. The molecule has 0 spiro atoms. The normalized spacial score (nSPS) is 17.4. The van der Waals surface area contributed by atoms with Gasteiger partial charge in [-0.2, -0.15) is 0 Å². The molecule has 2 aromatic rings. The van der Waals surface area contributed by atoms with E-state index >= 15 is 0 Å². The molecule has 1 atom stereocenters. The van der Waals surface area contributed by atoms with Crippen molar-refractivity contribution in [1.29, 1.82) is 0 Å². The van der Waals surface area contributed by atoms with E-state index in [0.717, 1.165) is 40.5 Å². The zero-order valence-electron chi connectivity index (χ0n) is 15.0. The molecule has 6 nitrogen and oxygen atoms in total. The molecule has 1 saturated heterocycles. The van der Waals surface area contributed by atoms with Crippen LogP contribution in [0.3, 0.4) is 0 Å². The number of carboxylic acids is 1. The second-order valence-electron chi connectivity index (χ2n) is 6.74. The molecule has 0 unspecified atom stereocenters. The molecule has 1 aromatic heterocycles. The number of thiazole rings is 1. The summed E-state index contributed by atoms with van der Waals surface area (Å²) in [5.74, 6) is -0.866. The maximum Gasteiger partial charge on any atom is 0.320 e. The molecule has 0 saturated carbocycles. The highest BCUT2D eigenvalue weighted by atomic mass is 32.1. The largest absolute Gasteiger partial charge is 0.480 e. The second-order valence-corrected chi connectivity index (χ2v) is 7.69. The van der Waals surface area contributed by atoms with Gasteiger partial charge in [-0.15, -0.1) is 11.3 Å². The summed E-state index contributed by atoms with van der Waals surface area (Å²) in [7, 11) is 0. The highest BCUT2D eigenvalue weighted by Gasteiger charge is 2.30. The number of anilines is 1. The van der Waals surface area contributed by atoms with E-state index in [1.165, 1.54) is 11.3 Å². The number of aromatic nitrogens is 1. The van der Waals surface area contributed by atoms with Crippen molar-refractivity contribution in [1.82, 2.24) is 9.88 Å². The summed E-state index contributed by atoms with van der Waals surface area (Å²) in [5, 5.41) is 14.9. The first kappa shape index (κ1) is 18.5. The molecular weight excluding hydrogens is 350 g/mol. The number of carboxylic acid groups (broad SMARTS) is 1. The fraction of sp³-hybridized carbons (Fsp3) is 0.421. The third-order valence-electron chi connectivity index (χ3n) is 4.59. The van der Waals surface area contributed by atoms with Gasteiger partial charge in [0.15, 0.2) is 0 Å². The van der Waals surface area contributed by atoms with Crippen molar-refractivity contribution in [2.75, 3.05) is 11.9 Å². The van der Waals surface area contributed by atoms with Gasteiger partial charge in [0.25, 0.3) is 0 Å². The summed E-state index contributed by atoms with van der Waals surface area (Å²) >= 11 is 1.44. The summed E-state index contributed by atoms with van der Waals surface area (Å²) in [6.07, 6.45) is 1.80. The molecule has 0 bridgehead atoms. The minimum atomic E-state index is -0.772. The standard InChI is InChI=1S/C19H23N3O3S/c1-12-5-6-13(2)15(8-12)21-17(23)9-18-20-14(11-26-18)10-22-7-3-4-16(22)19(24)25/h5-6,8,11,16H,3-4,7,9-10H2,1-2H3,(H,21,23)(H,24,25)/t16-/m1/s1. The number of likely N-dealkylation sites (tertiary alicyclic amines) is 1. The molecule has 2 heterocycles. The maximum atomic E-state index is 12.3. The Morgan fingerprint density at radius 2 is 2.19 bits per heavy atom. The molecule has 0 radical (unpaired) electrons. The van der Waals surface area contributed by atoms with E-state index in [4.69, 9.17) is 0 Å². The van der Waals surface area contributed by atoms with Crippen molar-refractivity contribution in [2.45, 2.75) is 45.7 Å². The van der Waals surface area contributed by atoms with Crippen LogP contribution in [0, 0.1) is 13.8 Å². The molecule has 1 amide bonds. The Morgan fingerprint density at radius 3 is 2.96 bits per heavy atom. The molecule has 1 aliphatic heterocycles. The number of nitrogens with one attached hydrogen (secondary N) is 1. The number of amides is 1. The van der Waals surface area contributed by atoms with Gasteiger partial charge < -0.3 is 10.4 Å². The van der Waals surface area contributed by atoms with E-state index in [9.17, 15) is 14.7 Å². The van der Waals surface area contributed by atoms with Crippen molar-refractivity contribution >= 4 is 28.9 Å². The van der Waals surface area contributed by atoms with Crippen molar-refractivity contribution in [3.63, 3.8) is 0 Å². The predicted octanol–water partition coefficient (Wildman–Crippen LogP) is 2.99. The molecule has 26 heavy (non-hydrogen) atoms. The molecule has 1 aliphatic rings. The lowest BCUT2D eigenvalue weighted by Crippen LogP contribution is -2.35. The third kappa shape index (κ3) is 4.47. The smallest absolute Gasteiger partial charge is 0.320 e. The van der Waals surface area contributed by atoms with Gasteiger partial charge in [-0.3, -0.25) is 14.5 Å². The van der Waals surface area contributed by atoms with Crippen LogP contribution in [0.4, 0.5) is 5.69 Å². The fourth-order valence-corrected chi connectivity index (χ4v) is 3.99. The van der Waals surface area contributed by atoms with Crippen LogP contribution >= 0.6 is 11.3 Å². The van der Waals surface area contributed by atoms with Gasteiger partial charge in [-0.25, -0.2) is 4.98 Å². The number of carbonyl (C=O) groups is 2. The van der Waals surface area contributed by atoms with Gasteiger partial charge in [-0.05, 0) is 50.4 Å². The van der Waals surface area contributed by atoms with Gasteiger partial charge in [0.2, 0.25) is 5.91 Å². The minimum Gasteiger partial charge on any atom is -0.480 e. The lowest BCUT2D eigenvalue weighted by molar-refractivity contribution is -0.142. The average Bonchev–Trinajstić information content (AvgIpc) is 3.21. The summed E-state index contributed by atoms with van der Waals surface area (Å²) in [6, 6.07) is 5.54. The Kier molecular flexibility index (Phi) is 5.68. The Morgan fingerprint density at radius 1 is 1.38 bits per heavy atom. The van der Waals surface area contributed by atoms with Crippen LogP contribution in [0.5, 0.6) is 0 Å². The summed E-state index contributed by atoms with van der Waals surface area (Å²) < 4.78 is 0. The predicted molar refractivity (Wildman–Crippen MR) is 101 cm³/mol. The number of hydrogen-bond acceptors (Lipinski definition) is 5. The number of rotatable bonds is 6. The maximum absolute atomic E-state index is 12.3. The van der Waals surface area contributed by atoms with Crippen LogP contribution in [0.25, 0.3) is 0 Å². The number of aryl methyl sites for hydroxylation is 2. The van der Waals surface area contributed by atoms with E-state index < -0.39 is 12.0 Å². The van der Waals surface area contributed by atoms with Crippen LogP contribution in [-0.2, 0) is 22.6 Å². The van der Waals surface area contributed by atoms with Crippen LogP contribution in [0.1, 0.15) is 34.7 Å². The van der Waals surface area contributed by atoms with Crippen molar-refractivity contribution in [3.05, 3.63) is 45.4 Å². The zero-order valence-corrected chi connectivity index (χ0v) is 15.8. The first-order chi connectivity index (χ1) is 12.4. The molecular formula is C19H23N3O3S. The van der Waals surface area contributed by atoms with Crippen LogP contribution < -0.4 is 5.32 Å². The lowest BCUT2D eigenvalue weighted by Gasteiger charge is -2.19. The Hall–Kier alpha value is -2.25. The monoisotopic (exact) mass is 373 g/mol. The van der Waals surface area contributed by atoms with E-state index in [1.54, 1.807) is 0 Å². The molecule has 7 heteroatoms. The number of nitrogens with zero attached hydrogens (tertiary/aromatic N) is 2. The van der Waals surface area contributed by atoms with Gasteiger partial charge in [0, 0.05) is 17.6 Å². The number of carbonyl (C=O) groups excluding carboxylic acids is 1. The van der Waals surface area contributed by atoms with Gasteiger partial charge in [0.1, 0.15) is 11.0 Å². The molecule has 3 rings (SSSR count). The van der Waals surface area contributed by atoms with E-state index in [0.29, 0.717) is 13.0 Å². The topological polar surface area (TPSA) is 82.5 Å². The van der Waals surface area contributed by atoms with Gasteiger partial charge in [-0.1, -0.05) is 12.1 Å². The number of hydrogen-bond donors (Lipinski definition) is 2. The van der Waals surface area contributed by atoms with Crippen LogP contribution in [-0.4, -0.2) is 39.5 Å². The molecule has 0 aliphatic carbocycles. The number of aliphatic carboxylic acids is 1. The van der Waals surface area contributed by atoms with Crippen molar-refractivity contribution in [2.24, 2.45) is 0 Å². The van der Waals surface area contributed by atoms with Gasteiger partial charge in [0.05, 0.1) is 12.1 Å². The quantitative estimate of drug-likeness (QED) is 0.813. The van der Waals surface area contributed by atoms with E-state index in [-0.39, 0.29) is 12.3 Å². The Bertz CT molecular complexity index is 818. The SMILES string of the molecule is Cc1ccc(C)c(NC(=O)Cc2nc(CN3CCC[C@@H]3C(=O)O)cs2)c1. The highest BCUT2D eigenvalue weighted by Crippen LogP contribution is 2.22. The zero-order chi connectivity index (χ0) is 18.7. The molecule has 2 N–H and O–H groups in total. The van der Waals surface area contributed by atoms with E-state index in [1.807, 2.05) is 42.3 Å². The van der Waals surface area contributed by atoms with Crippen molar-refractivity contribution < 1.29 is 14.7 Å². The van der Waals surface area contributed by atoms with E-state index in [2.05, 4.69) is 10.3 Å². The Labute approximate surface area is 156 Å². The Balaban J connectivity index is 1.59. The summed E-state index contributed by atoms with van der Waals surface area (Å²) in [4.78, 5) is 30.0.